The van der Waals surface area contributed by atoms with Crippen molar-refractivity contribution in [1.82, 2.24) is 19.3 Å². The molecule has 7 aromatic rings. The van der Waals surface area contributed by atoms with Crippen LogP contribution in [0.4, 0.5) is 0 Å². The summed E-state index contributed by atoms with van der Waals surface area (Å²) in [4.78, 5) is 0. The number of hydrogen-bond acceptors (Lipinski definition) is 2. The van der Waals surface area contributed by atoms with Gasteiger partial charge in [0, 0.05) is 38.8 Å². The van der Waals surface area contributed by atoms with Gasteiger partial charge in [-0.3, -0.25) is 4.57 Å². The molecule has 3 aromatic heterocycles. The standard InChI is InChI=1S/C28H18N4/c1-2-9-20(10-3-1)32-26-13-7-6-12-22(26)23-14-15-25-24(27(23)32)16-17-31(25)28-21-11-5-4-8-19(21)18-29-30-28/h1-18H. The van der Waals surface area contributed by atoms with Crippen molar-refractivity contribution in [3.63, 3.8) is 0 Å². The minimum Gasteiger partial charge on any atom is -0.309 e. The molecule has 0 saturated heterocycles. The zero-order valence-corrected chi connectivity index (χ0v) is 17.2. The van der Waals surface area contributed by atoms with Gasteiger partial charge in [0.2, 0.25) is 0 Å². The largest absolute Gasteiger partial charge is 0.309 e. The van der Waals surface area contributed by atoms with Crippen LogP contribution in [0, 0.1) is 0 Å². The lowest BCUT2D eigenvalue weighted by Gasteiger charge is -2.10. The Morgan fingerprint density at radius 3 is 2.25 bits per heavy atom. The Hall–Kier alpha value is -4.44. The van der Waals surface area contributed by atoms with E-state index in [1.165, 1.54) is 27.2 Å². The van der Waals surface area contributed by atoms with Gasteiger partial charge in [-0.2, -0.15) is 5.10 Å². The van der Waals surface area contributed by atoms with Crippen molar-refractivity contribution in [2.75, 3.05) is 0 Å². The third kappa shape index (κ3) is 2.32. The van der Waals surface area contributed by atoms with E-state index in [2.05, 4.69) is 110 Å². The van der Waals surface area contributed by atoms with E-state index in [1.54, 1.807) is 0 Å². The van der Waals surface area contributed by atoms with Crippen LogP contribution in [0.3, 0.4) is 0 Å². The molecule has 7 rings (SSSR count). The van der Waals surface area contributed by atoms with E-state index >= 15 is 0 Å². The van der Waals surface area contributed by atoms with Crippen LogP contribution >= 0.6 is 0 Å². The van der Waals surface area contributed by atoms with Gasteiger partial charge in [0.25, 0.3) is 0 Å². The molecule has 0 radical (unpaired) electrons. The van der Waals surface area contributed by atoms with Gasteiger partial charge in [0.1, 0.15) is 0 Å². The second-order valence-corrected chi connectivity index (χ2v) is 8.02. The summed E-state index contributed by atoms with van der Waals surface area (Å²) in [6.07, 6.45) is 3.92. The van der Waals surface area contributed by atoms with Crippen LogP contribution in [0.1, 0.15) is 0 Å². The summed E-state index contributed by atoms with van der Waals surface area (Å²) in [7, 11) is 0. The van der Waals surface area contributed by atoms with Crippen molar-refractivity contribution >= 4 is 43.5 Å². The first-order valence-corrected chi connectivity index (χ1v) is 10.7. The number of aromatic nitrogens is 4. The molecule has 0 fully saturated rings. The molecule has 0 N–H and O–H groups in total. The molecule has 4 heteroatoms. The van der Waals surface area contributed by atoms with Crippen molar-refractivity contribution in [2.24, 2.45) is 0 Å². The molecule has 0 aliphatic carbocycles. The lowest BCUT2D eigenvalue weighted by molar-refractivity contribution is 0.956. The molecular weight excluding hydrogens is 392 g/mol. The minimum absolute atomic E-state index is 0.847. The van der Waals surface area contributed by atoms with Crippen molar-refractivity contribution in [3.05, 3.63) is 109 Å². The molecule has 0 atom stereocenters. The summed E-state index contributed by atoms with van der Waals surface area (Å²) in [6, 6.07) is 34.1. The van der Waals surface area contributed by atoms with Gasteiger partial charge in [-0.05, 0) is 30.3 Å². The zero-order chi connectivity index (χ0) is 21.1. The highest BCUT2D eigenvalue weighted by atomic mass is 15.2. The molecule has 0 amide bonds. The second kappa shape index (κ2) is 6.53. The van der Waals surface area contributed by atoms with Crippen molar-refractivity contribution in [3.8, 4) is 11.5 Å². The fourth-order valence-electron chi connectivity index (χ4n) is 4.90. The molecule has 150 valence electrons. The minimum atomic E-state index is 0.847. The van der Waals surface area contributed by atoms with Crippen LogP contribution in [0.2, 0.25) is 0 Å². The fourth-order valence-corrected chi connectivity index (χ4v) is 4.90. The van der Waals surface area contributed by atoms with Gasteiger partial charge in [0.05, 0.1) is 22.7 Å². The lowest BCUT2D eigenvalue weighted by atomic mass is 10.1. The summed E-state index contributed by atoms with van der Waals surface area (Å²) in [5.41, 5.74) is 4.69. The third-order valence-corrected chi connectivity index (χ3v) is 6.30. The first-order valence-electron chi connectivity index (χ1n) is 10.7. The predicted octanol–water partition coefficient (Wildman–Crippen LogP) is 6.67. The SMILES string of the molecule is c1ccc(-n2c3ccccc3c3ccc4c(ccn4-c4nncc5ccccc45)c32)cc1. The number of para-hydroxylation sites is 2. The number of hydrogen-bond donors (Lipinski definition) is 0. The van der Waals surface area contributed by atoms with Crippen LogP contribution in [0.5, 0.6) is 0 Å². The molecule has 32 heavy (non-hydrogen) atoms. The molecule has 0 unspecified atom stereocenters. The molecule has 0 aliphatic heterocycles. The maximum Gasteiger partial charge on any atom is 0.167 e. The smallest absolute Gasteiger partial charge is 0.167 e. The second-order valence-electron chi connectivity index (χ2n) is 8.02. The van der Waals surface area contributed by atoms with E-state index in [1.807, 2.05) is 18.3 Å². The molecule has 0 saturated carbocycles. The molecule has 3 heterocycles. The van der Waals surface area contributed by atoms with Crippen molar-refractivity contribution < 1.29 is 0 Å². The lowest BCUT2D eigenvalue weighted by Crippen LogP contribution is -1.99. The van der Waals surface area contributed by atoms with Crippen LogP contribution in [-0.4, -0.2) is 19.3 Å². The summed E-state index contributed by atoms with van der Waals surface area (Å²) in [5, 5.41) is 14.6. The fraction of sp³-hybridized carbons (Fsp3) is 0. The molecule has 4 aromatic carbocycles. The molecule has 0 spiro atoms. The number of fused-ring (bicyclic) bond motifs is 6. The summed E-state index contributed by atoms with van der Waals surface area (Å²) in [6.45, 7) is 0. The van der Waals surface area contributed by atoms with Crippen LogP contribution < -0.4 is 0 Å². The number of nitrogens with zero attached hydrogens (tertiary/aromatic N) is 4. The maximum atomic E-state index is 4.51. The van der Waals surface area contributed by atoms with E-state index in [4.69, 9.17) is 0 Å². The highest BCUT2D eigenvalue weighted by Crippen LogP contribution is 2.37. The molecule has 0 aliphatic rings. The Kier molecular flexibility index (Phi) is 3.52. The maximum absolute atomic E-state index is 4.51. The Morgan fingerprint density at radius 1 is 0.562 bits per heavy atom. The first kappa shape index (κ1) is 17.3. The highest BCUT2D eigenvalue weighted by molar-refractivity contribution is 6.18. The van der Waals surface area contributed by atoms with E-state index < -0.39 is 0 Å². The van der Waals surface area contributed by atoms with Gasteiger partial charge in [-0.25, -0.2) is 0 Å². The zero-order valence-electron chi connectivity index (χ0n) is 17.2. The topological polar surface area (TPSA) is 35.6 Å². The van der Waals surface area contributed by atoms with Crippen molar-refractivity contribution in [2.45, 2.75) is 0 Å². The van der Waals surface area contributed by atoms with E-state index in [0.29, 0.717) is 0 Å². The predicted molar refractivity (Wildman–Crippen MR) is 131 cm³/mol. The Bertz CT molecular complexity index is 1770. The van der Waals surface area contributed by atoms with E-state index in [9.17, 15) is 0 Å². The average molecular weight is 410 g/mol. The number of rotatable bonds is 2. The molecular formula is C28H18N4. The monoisotopic (exact) mass is 410 g/mol. The Labute approximate surface area is 184 Å². The summed E-state index contributed by atoms with van der Waals surface area (Å²) < 4.78 is 4.52. The average Bonchev–Trinajstić information content (AvgIpc) is 3.43. The van der Waals surface area contributed by atoms with Gasteiger partial charge in [-0.15, -0.1) is 5.10 Å². The van der Waals surface area contributed by atoms with E-state index in [-0.39, 0.29) is 0 Å². The van der Waals surface area contributed by atoms with Gasteiger partial charge < -0.3 is 4.57 Å². The van der Waals surface area contributed by atoms with E-state index in [0.717, 1.165) is 27.8 Å². The summed E-state index contributed by atoms with van der Waals surface area (Å²) in [5.74, 6) is 0.847. The van der Waals surface area contributed by atoms with Crippen LogP contribution in [0.25, 0.3) is 55.0 Å². The number of benzene rings is 4. The van der Waals surface area contributed by atoms with Crippen molar-refractivity contribution in [1.29, 1.82) is 0 Å². The Morgan fingerprint density at radius 2 is 1.34 bits per heavy atom. The highest BCUT2D eigenvalue weighted by Gasteiger charge is 2.17. The van der Waals surface area contributed by atoms with Gasteiger partial charge in [-0.1, -0.05) is 66.7 Å². The van der Waals surface area contributed by atoms with Gasteiger partial charge >= 0.3 is 0 Å². The first-order chi connectivity index (χ1) is 15.9. The molecule has 4 nitrogen and oxygen atoms in total. The van der Waals surface area contributed by atoms with Crippen LogP contribution in [0.15, 0.2) is 109 Å². The Balaban J connectivity index is 1.62. The van der Waals surface area contributed by atoms with Gasteiger partial charge in [0.15, 0.2) is 5.82 Å². The third-order valence-electron chi connectivity index (χ3n) is 6.30. The van der Waals surface area contributed by atoms with Crippen LogP contribution in [-0.2, 0) is 0 Å². The molecule has 0 bridgehead atoms. The quantitative estimate of drug-likeness (QED) is 0.319. The summed E-state index contributed by atoms with van der Waals surface area (Å²) >= 11 is 0. The normalized spacial score (nSPS) is 11.8.